The summed E-state index contributed by atoms with van der Waals surface area (Å²) in [6.45, 7) is 1.57. The summed E-state index contributed by atoms with van der Waals surface area (Å²) >= 11 is 0. The minimum atomic E-state index is -0.285. The highest BCUT2D eigenvalue weighted by atomic mass is 16.5. The van der Waals surface area contributed by atoms with E-state index in [1.807, 2.05) is 12.1 Å². The molecular weight excluding hydrogens is 282 g/mol. The van der Waals surface area contributed by atoms with E-state index >= 15 is 0 Å². The lowest BCUT2D eigenvalue weighted by Crippen LogP contribution is -2.16. The zero-order valence-electron chi connectivity index (χ0n) is 12.5. The molecule has 0 spiro atoms. The van der Waals surface area contributed by atoms with Gasteiger partial charge in [0.2, 0.25) is 0 Å². The van der Waals surface area contributed by atoms with Gasteiger partial charge in [-0.3, -0.25) is 4.79 Å². The van der Waals surface area contributed by atoms with E-state index in [2.05, 4.69) is 21.4 Å². The maximum Gasteiger partial charge on any atom is 0.291 e. The molecule has 0 aliphatic carbocycles. The van der Waals surface area contributed by atoms with Crippen LogP contribution in [0, 0.1) is 0 Å². The van der Waals surface area contributed by atoms with Crippen molar-refractivity contribution in [2.75, 3.05) is 25.6 Å². The number of benzene rings is 1. The van der Waals surface area contributed by atoms with Crippen molar-refractivity contribution in [1.82, 2.24) is 9.97 Å². The summed E-state index contributed by atoms with van der Waals surface area (Å²) in [6, 6.07) is 5.93. The average Bonchev–Trinajstić information content (AvgIpc) is 3.10. The van der Waals surface area contributed by atoms with Gasteiger partial charge in [0.05, 0.1) is 12.8 Å². The van der Waals surface area contributed by atoms with Gasteiger partial charge in [0, 0.05) is 25.6 Å². The minimum Gasteiger partial charge on any atom is -0.495 e. The fourth-order valence-electron chi connectivity index (χ4n) is 2.68. The van der Waals surface area contributed by atoms with Gasteiger partial charge >= 0.3 is 0 Å². The van der Waals surface area contributed by atoms with Crippen molar-refractivity contribution in [1.29, 1.82) is 0 Å². The Bertz CT molecular complexity index is 634. The molecule has 22 heavy (non-hydrogen) atoms. The maximum atomic E-state index is 12.2. The van der Waals surface area contributed by atoms with Crippen molar-refractivity contribution in [3.8, 4) is 5.75 Å². The second-order valence-electron chi connectivity index (χ2n) is 5.24. The van der Waals surface area contributed by atoms with Crippen LogP contribution in [0.5, 0.6) is 5.75 Å². The number of H-pyrrole nitrogens is 1. The largest absolute Gasteiger partial charge is 0.495 e. The lowest BCUT2D eigenvalue weighted by atomic mass is 9.91. The van der Waals surface area contributed by atoms with Crippen LogP contribution in [0.4, 0.5) is 5.69 Å². The molecule has 1 aliphatic rings. The van der Waals surface area contributed by atoms with Crippen molar-refractivity contribution in [3.63, 3.8) is 0 Å². The number of rotatable bonds is 4. The molecule has 2 heterocycles. The molecule has 1 aliphatic heterocycles. The fourth-order valence-corrected chi connectivity index (χ4v) is 2.68. The van der Waals surface area contributed by atoms with Crippen LogP contribution in [0.3, 0.4) is 0 Å². The second kappa shape index (κ2) is 6.62. The number of hydrogen-bond acceptors (Lipinski definition) is 4. The Morgan fingerprint density at radius 3 is 2.91 bits per heavy atom. The number of carbonyl (C=O) groups is 1. The van der Waals surface area contributed by atoms with Crippen molar-refractivity contribution in [2.24, 2.45) is 0 Å². The number of amides is 1. The number of methoxy groups -OCH3 is 1. The first-order chi connectivity index (χ1) is 10.8. The molecule has 1 saturated heterocycles. The van der Waals surface area contributed by atoms with E-state index in [9.17, 15) is 4.79 Å². The number of nitrogens with zero attached hydrogens (tertiary/aromatic N) is 1. The Hall–Kier alpha value is -2.34. The van der Waals surface area contributed by atoms with Crippen molar-refractivity contribution in [2.45, 2.75) is 18.8 Å². The molecule has 3 rings (SSSR count). The summed E-state index contributed by atoms with van der Waals surface area (Å²) in [6.07, 6.45) is 5.16. The van der Waals surface area contributed by atoms with Gasteiger partial charge in [-0.15, -0.1) is 0 Å². The average molecular weight is 301 g/mol. The summed E-state index contributed by atoms with van der Waals surface area (Å²) in [5.74, 6) is 1.08. The van der Waals surface area contributed by atoms with Gasteiger partial charge in [0.15, 0.2) is 5.82 Å². The molecule has 1 aromatic heterocycles. The first-order valence-electron chi connectivity index (χ1n) is 7.34. The van der Waals surface area contributed by atoms with Gasteiger partial charge in [-0.05, 0) is 36.5 Å². The standard InChI is InChI=1S/C16H19N3O3/c1-21-14-3-2-12(11-4-8-22-9-5-11)10-13(14)19-16(20)15-17-6-7-18-15/h2-3,6-7,10-11H,4-5,8-9H2,1H3,(H,17,18)(H,19,20). The van der Waals surface area contributed by atoms with Gasteiger partial charge in [-0.25, -0.2) is 4.98 Å². The molecule has 1 aromatic carbocycles. The molecule has 1 fully saturated rings. The van der Waals surface area contributed by atoms with Gasteiger partial charge in [0.25, 0.3) is 5.91 Å². The van der Waals surface area contributed by atoms with Crippen molar-refractivity contribution >= 4 is 11.6 Å². The number of ether oxygens (including phenoxy) is 2. The Morgan fingerprint density at radius 1 is 1.41 bits per heavy atom. The molecule has 0 unspecified atom stereocenters. The zero-order valence-corrected chi connectivity index (χ0v) is 12.5. The third kappa shape index (κ3) is 3.12. The molecule has 6 nitrogen and oxygen atoms in total. The maximum absolute atomic E-state index is 12.2. The van der Waals surface area contributed by atoms with E-state index < -0.39 is 0 Å². The van der Waals surface area contributed by atoms with Gasteiger partial charge in [-0.2, -0.15) is 0 Å². The van der Waals surface area contributed by atoms with Crippen LogP contribution in [0.15, 0.2) is 30.6 Å². The lowest BCUT2D eigenvalue weighted by molar-refractivity contribution is 0.0853. The van der Waals surface area contributed by atoms with E-state index in [0.717, 1.165) is 26.1 Å². The molecular formula is C16H19N3O3. The summed E-state index contributed by atoms with van der Waals surface area (Å²) in [5, 5.41) is 2.85. The minimum absolute atomic E-state index is 0.276. The highest BCUT2D eigenvalue weighted by molar-refractivity contribution is 6.02. The topological polar surface area (TPSA) is 76.2 Å². The van der Waals surface area contributed by atoms with E-state index in [1.54, 1.807) is 19.5 Å². The van der Waals surface area contributed by atoms with Crippen LogP contribution in [0.1, 0.15) is 34.9 Å². The molecule has 116 valence electrons. The lowest BCUT2D eigenvalue weighted by Gasteiger charge is -2.23. The van der Waals surface area contributed by atoms with Crippen LogP contribution in [0.25, 0.3) is 0 Å². The van der Waals surface area contributed by atoms with Crippen molar-refractivity contribution < 1.29 is 14.3 Å². The van der Waals surface area contributed by atoms with E-state index in [-0.39, 0.29) is 11.7 Å². The van der Waals surface area contributed by atoms with E-state index in [1.165, 1.54) is 5.56 Å². The van der Waals surface area contributed by atoms with Crippen molar-refractivity contribution in [3.05, 3.63) is 42.0 Å². The van der Waals surface area contributed by atoms with Crippen LogP contribution in [0.2, 0.25) is 0 Å². The van der Waals surface area contributed by atoms with E-state index in [0.29, 0.717) is 17.4 Å². The normalized spacial score (nSPS) is 15.5. The molecule has 2 aromatic rings. The zero-order chi connectivity index (χ0) is 15.4. The first kappa shape index (κ1) is 14.6. The monoisotopic (exact) mass is 301 g/mol. The quantitative estimate of drug-likeness (QED) is 0.910. The third-order valence-corrected chi connectivity index (χ3v) is 3.88. The third-order valence-electron chi connectivity index (χ3n) is 3.88. The number of anilines is 1. The van der Waals surface area contributed by atoms with Gasteiger partial charge in [0.1, 0.15) is 5.75 Å². The summed E-state index contributed by atoms with van der Waals surface area (Å²) in [4.78, 5) is 18.9. The van der Waals surface area contributed by atoms with Crippen LogP contribution >= 0.6 is 0 Å². The molecule has 0 radical (unpaired) electrons. The Labute approximate surface area is 128 Å². The Kier molecular flexibility index (Phi) is 4.39. The highest BCUT2D eigenvalue weighted by Crippen LogP contribution is 2.33. The number of aromatic amines is 1. The molecule has 1 amide bonds. The van der Waals surface area contributed by atoms with Crippen LogP contribution in [-0.4, -0.2) is 36.2 Å². The molecule has 6 heteroatoms. The highest BCUT2D eigenvalue weighted by Gasteiger charge is 2.18. The van der Waals surface area contributed by atoms with Gasteiger partial charge < -0.3 is 19.8 Å². The van der Waals surface area contributed by atoms with Crippen LogP contribution in [-0.2, 0) is 4.74 Å². The Balaban J connectivity index is 1.83. The number of aromatic nitrogens is 2. The van der Waals surface area contributed by atoms with E-state index in [4.69, 9.17) is 9.47 Å². The summed E-state index contributed by atoms with van der Waals surface area (Å²) in [7, 11) is 1.59. The summed E-state index contributed by atoms with van der Waals surface area (Å²) < 4.78 is 10.7. The second-order valence-corrected chi connectivity index (χ2v) is 5.24. The predicted molar refractivity (Wildman–Crippen MR) is 82.3 cm³/mol. The molecule has 2 N–H and O–H groups in total. The molecule has 0 saturated carbocycles. The summed E-state index contributed by atoms with van der Waals surface area (Å²) in [5.41, 5.74) is 1.85. The number of hydrogen-bond donors (Lipinski definition) is 2. The predicted octanol–water partition coefficient (Wildman–Crippen LogP) is 2.56. The number of imidazole rings is 1. The number of carbonyl (C=O) groups excluding carboxylic acids is 1. The fraction of sp³-hybridized carbons (Fsp3) is 0.375. The Morgan fingerprint density at radius 2 is 2.23 bits per heavy atom. The molecule has 0 bridgehead atoms. The van der Waals surface area contributed by atoms with Gasteiger partial charge in [-0.1, -0.05) is 6.07 Å². The molecule has 0 atom stereocenters. The smallest absolute Gasteiger partial charge is 0.291 e. The van der Waals surface area contributed by atoms with Crippen LogP contribution < -0.4 is 10.1 Å². The first-order valence-corrected chi connectivity index (χ1v) is 7.34. The number of nitrogens with one attached hydrogen (secondary N) is 2. The SMILES string of the molecule is COc1ccc(C2CCOCC2)cc1NC(=O)c1ncc[nH]1.